The normalized spacial score (nSPS) is 16.9. The van der Waals surface area contributed by atoms with E-state index in [0.717, 1.165) is 60.0 Å². The number of hydrogen-bond acceptors (Lipinski definition) is 3. The van der Waals surface area contributed by atoms with Crippen LogP contribution in [-0.2, 0) is 11.3 Å². The zero-order chi connectivity index (χ0) is 13.2. The topological polar surface area (TPSA) is 25.4 Å². The van der Waals surface area contributed by atoms with E-state index in [-0.39, 0.29) is 0 Å². The summed E-state index contributed by atoms with van der Waals surface area (Å²) in [5, 5.41) is 1.93. The molecule has 0 unspecified atom stereocenters. The molecule has 1 fully saturated rings. The summed E-state index contributed by atoms with van der Waals surface area (Å²) in [5.41, 5.74) is 3.11. The molecule has 1 aliphatic rings. The SMILES string of the molecule is Cc1c(Cl)c(CN2CCOCC2)nc2ccccc12. The summed E-state index contributed by atoms with van der Waals surface area (Å²) in [5.74, 6) is 0. The fraction of sp³-hybridized carbons (Fsp3) is 0.400. The van der Waals surface area contributed by atoms with E-state index >= 15 is 0 Å². The van der Waals surface area contributed by atoms with E-state index in [4.69, 9.17) is 21.3 Å². The van der Waals surface area contributed by atoms with Crippen molar-refractivity contribution in [1.82, 2.24) is 9.88 Å². The van der Waals surface area contributed by atoms with Crippen LogP contribution in [-0.4, -0.2) is 36.2 Å². The molecule has 19 heavy (non-hydrogen) atoms. The van der Waals surface area contributed by atoms with Crippen molar-refractivity contribution < 1.29 is 4.74 Å². The van der Waals surface area contributed by atoms with Gasteiger partial charge < -0.3 is 4.74 Å². The van der Waals surface area contributed by atoms with Crippen LogP contribution in [0.25, 0.3) is 10.9 Å². The van der Waals surface area contributed by atoms with Gasteiger partial charge in [-0.2, -0.15) is 0 Å². The monoisotopic (exact) mass is 276 g/mol. The van der Waals surface area contributed by atoms with Gasteiger partial charge in [0.1, 0.15) is 0 Å². The number of aryl methyl sites for hydroxylation is 1. The molecule has 0 aliphatic carbocycles. The minimum atomic E-state index is 0.796. The minimum Gasteiger partial charge on any atom is -0.379 e. The van der Waals surface area contributed by atoms with Crippen LogP contribution in [0.3, 0.4) is 0 Å². The predicted octanol–water partition coefficient (Wildman–Crippen LogP) is 3.03. The van der Waals surface area contributed by atoms with Gasteiger partial charge in [-0.25, -0.2) is 4.98 Å². The number of fused-ring (bicyclic) bond motifs is 1. The third-order valence-corrected chi connectivity index (χ3v) is 4.12. The Balaban J connectivity index is 1.96. The van der Waals surface area contributed by atoms with E-state index in [1.165, 1.54) is 0 Å². The standard InChI is InChI=1S/C15H17ClN2O/c1-11-12-4-2-3-5-13(12)17-14(15(11)16)10-18-6-8-19-9-7-18/h2-5H,6-10H2,1H3. The quantitative estimate of drug-likeness (QED) is 0.843. The molecular weight excluding hydrogens is 260 g/mol. The number of morpholine rings is 1. The Morgan fingerprint density at radius 2 is 2.00 bits per heavy atom. The zero-order valence-corrected chi connectivity index (χ0v) is 11.8. The van der Waals surface area contributed by atoms with Gasteiger partial charge in [-0.1, -0.05) is 29.8 Å². The van der Waals surface area contributed by atoms with Gasteiger partial charge >= 0.3 is 0 Å². The Labute approximate surface area is 118 Å². The lowest BCUT2D eigenvalue weighted by molar-refractivity contribution is 0.0337. The molecule has 0 atom stereocenters. The number of rotatable bonds is 2. The van der Waals surface area contributed by atoms with Gasteiger partial charge in [-0.15, -0.1) is 0 Å². The van der Waals surface area contributed by atoms with E-state index < -0.39 is 0 Å². The van der Waals surface area contributed by atoms with Crippen LogP contribution in [0.15, 0.2) is 24.3 Å². The van der Waals surface area contributed by atoms with Crippen molar-refractivity contribution in [3.8, 4) is 0 Å². The molecule has 0 bridgehead atoms. The van der Waals surface area contributed by atoms with Crippen molar-refractivity contribution >= 4 is 22.5 Å². The molecule has 1 saturated heterocycles. The second-order valence-electron chi connectivity index (χ2n) is 4.90. The number of benzene rings is 1. The van der Waals surface area contributed by atoms with Crippen molar-refractivity contribution in [3.05, 3.63) is 40.5 Å². The van der Waals surface area contributed by atoms with Crippen LogP contribution < -0.4 is 0 Å². The van der Waals surface area contributed by atoms with Crippen LogP contribution in [0, 0.1) is 6.92 Å². The van der Waals surface area contributed by atoms with E-state index in [1.807, 2.05) is 18.2 Å². The van der Waals surface area contributed by atoms with Gasteiger partial charge in [0.05, 0.1) is 29.4 Å². The van der Waals surface area contributed by atoms with Crippen molar-refractivity contribution in [2.24, 2.45) is 0 Å². The number of aromatic nitrogens is 1. The Bertz CT molecular complexity index is 594. The van der Waals surface area contributed by atoms with Crippen LogP contribution in [0.2, 0.25) is 5.02 Å². The van der Waals surface area contributed by atoms with Gasteiger partial charge in [0.25, 0.3) is 0 Å². The number of hydrogen-bond donors (Lipinski definition) is 0. The smallest absolute Gasteiger partial charge is 0.0740 e. The van der Waals surface area contributed by atoms with E-state index in [0.29, 0.717) is 0 Å². The molecule has 0 radical (unpaired) electrons. The summed E-state index contributed by atoms with van der Waals surface area (Å²) in [4.78, 5) is 7.05. The number of pyridine rings is 1. The zero-order valence-electron chi connectivity index (χ0n) is 11.0. The van der Waals surface area contributed by atoms with E-state index in [2.05, 4.69) is 17.9 Å². The fourth-order valence-electron chi connectivity index (χ4n) is 2.49. The van der Waals surface area contributed by atoms with Crippen LogP contribution >= 0.6 is 11.6 Å². The Morgan fingerprint density at radius 3 is 2.79 bits per heavy atom. The third kappa shape index (κ3) is 2.59. The number of halogens is 1. The van der Waals surface area contributed by atoms with E-state index in [1.54, 1.807) is 0 Å². The van der Waals surface area contributed by atoms with Crippen LogP contribution in [0.4, 0.5) is 0 Å². The van der Waals surface area contributed by atoms with Gasteiger partial charge in [-0.05, 0) is 18.6 Å². The number of para-hydroxylation sites is 1. The molecule has 2 aromatic rings. The first-order valence-corrected chi connectivity index (χ1v) is 6.97. The average molecular weight is 277 g/mol. The Hall–Kier alpha value is -1.16. The first-order valence-electron chi connectivity index (χ1n) is 6.59. The first kappa shape index (κ1) is 12.9. The molecule has 100 valence electrons. The van der Waals surface area contributed by atoms with Gasteiger partial charge in [-0.3, -0.25) is 4.90 Å². The minimum absolute atomic E-state index is 0.796. The molecule has 4 heteroatoms. The number of nitrogens with zero attached hydrogens (tertiary/aromatic N) is 2. The van der Waals surface area contributed by atoms with Crippen molar-refractivity contribution in [2.45, 2.75) is 13.5 Å². The van der Waals surface area contributed by atoms with Gasteiger partial charge in [0.15, 0.2) is 0 Å². The fourth-order valence-corrected chi connectivity index (χ4v) is 2.70. The summed E-state index contributed by atoms with van der Waals surface area (Å²) in [6, 6.07) is 8.15. The Kier molecular flexibility index (Phi) is 3.69. The summed E-state index contributed by atoms with van der Waals surface area (Å²) in [6.45, 7) is 6.35. The maximum Gasteiger partial charge on any atom is 0.0740 e. The highest BCUT2D eigenvalue weighted by Gasteiger charge is 2.15. The number of ether oxygens (including phenoxy) is 1. The first-order chi connectivity index (χ1) is 9.25. The molecule has 0 N–H and O–H groups in total. The summed E-state index contributed by atoms with van der Waals surface area (Å²) in [6.07, 6.45) is 0. The third-order valence-electron chi connectivity index (χ3n) is 3.62. The molecule has 2 heterocycles. The largest absolute Gasteiger partial charge is 0.379 e. The highest BCUT2D eigenvalue weighted by atomic mass is 35.5. The maximum absolute atomic E-state index is 6.47. The second-order valence-corrected chi connectivity index (χ2v) is 5.28. The van der Waals surface area contributed by atoms with Crippen LogP contribution in [0.5, 0.6) is 0 Å². The summed E-state index contributed by atoms with van der Waals surface area (Å²) in [7, 11) is 0. The molecule has 0 saturated carbocycles. The summed E-state index contributed by atoms with van der Waals surface area (Å²) >= 11 is 6.47. The molecular formula is C15H17ClN2O. The highest BCUT2D eigenvalue weighted by Crippen LogP contribution is 2.27. The Morgan fingerprint density at radius 1 is 1.26 bits per heavy atom. The molecule has 3 rings (SSSR count). The predicted molar refractivity (Wildman–Crippen MR) is 77.6 cm³/mol. The van der Waals surface area contributed by atoms with Gasteiger partial charge in [0, 0.05) is 25.0 Å². The molecule has 1 aliphatic heterocycles. The molecule has 3 nitrogen and oxygen atoms in total. The lowest BCUT2D eigenvalue weighted by Crippen LogP contribution is -2.36. The average Bonchev–Trinajstić information content (AvgIpc) is 2.46. The second kappa shape index (κ2) is 5.45. The molecule has 0 spiro atoms. The van der Waals surface area contributed by atoms with Gasteiger partial charge in [0.2, 0.25) is 0 Å². The van der Waals surface area contributed by atoms with E-state index in [9.17, 15) is 0 Å². The highest BCUT2D eigenvalue weighted by molar-refractivity contribution is 6.32. The molecule has 1 aromatic carbocycles. The summed E-state index contributed by atoms with van der Waals surface area (Å²) < 4.78 is 5.37. The van der Waals surface area contributed by atoms with Crippen molar-refractivity contribution in [2.75, 3.05) is 26.3 Å². The maximum atomic E-state index is 6.47. The molecule has 0 amide bonds. The van der Waals surface area contributed by atoms with Crippen molar-refractivity contribution in [1.29, 1.82) is 0 Å². The van der Waals surface area contributed by atoms with Crippen molar-refractivity contribution in [3.63, 3.8) is 0 Å². The molecule has 1 aromatic heterocycles. The lowest BCUT2D eigenvalue weighted by Gasteiger charge is -2.26. The van der Waals surface area contributed by atoms with Crippen LogP contribution in [0.1, 0.15) is 11.3 Å². The lowest BCUT2D eigenvalue weighted by atomic mass is 10.1.